The zero-order chi connectivity index (χ0) is 17.7. The number of halogens is 4. The lowest BCUT2D eigenvalue weighted by Gasteiger charge is -2.10. The molecule has 0 aliphatic carbocycles. The summed E-state index contributed by atoms with van der Waals surface area (Å²) in [6.45, 7) is 0.460. The number of anilines is 1. The van der Waals surface area contributed by atoms with E-state index in [-0.39, 0.29) is 30.5 Å². The molecule has 0 saturated heterocycles. The highest BCUT2D eigenvalue weighted by atomic mass is 35.5. The highest BCUT2D eigenvalue weighted by Crippen LogP contribution is 2.34. The Morgan fingerprint density at radius 3 is 2.54 bits per heavy atom. The molecular formula is C15H17ClF3N3O2. The lowest BCUT2D eigenvalue weighted by Crippen LogP contribution is -2.11. The predicted octanol–water partition coefficient (Wildman–Crippen LogP) is 3.21. The maximum atomic E-state index is 13.0. The molecule has 0 atom stereocenters. The number of aliphatic hydroxyl groups excluding tert-OH is 1. The summed E-state index contributed by atoms with van der Waals surface area (Å²) in [5, 5.41) is 14.9. The molecule has 1 aromatic heterocycles. The van der Waals surface area contributed by atoms with Crippen LogP contribution in [-0.2, 0) is 31.1 Å². The summed E-state index contributed by atoms with van der Waals surface area (Å²) in [5.41, 5.74) is 0.455. The van der Waals surface area contributed by atoms with Gasteiger partial charge in [0.05, 0.1) is 19.8 Å². The number of hydrogen-bond donors (Lipinski definition) is 2. The average molecular weight is 364 g/mol. The van der Waals surface area contributed by atoms with E-state index in [0.717, 1.165) is 10.2 Å². The topological polar surface area (TPSA) is 59.3 Å². The molecular weight excluding hydrogens is 347 g/mol. The predicted molar refractivity (Wildman–Crippen MR) is 83.7 cm³/mol. The van der Waals surface area contributed by atoms with Gasteiger partial charge in [-0.15, -0.1) is 0 Å². The van der Waals surface area contributed by atoms with Gasteiger partial charge in [0.1, 0.15) is 5.15 Å². The van der Waals surface area contributed by atoms with E-state index >= 15 is 0 Å². The van der Waals surface area contributed by atoms with Gasteiger partial charge in [0.25, 0.3) is 0 Å². The molecule has 1 aromatic carbocycles. The summed E-state index contributed by atoms with van der Waals surface area (Å²) < 4.78 is 45.1. The van der Waals surface area contributed by atoms with E-state index in [1.54, 1.807) is 24.3 Å². The Kier molecular flexibility index (Phi) is 6.09. The molecule has 0 bridgehead atoms. The van der Waals surface area contributed by atoms with Gasteiger partial charge in [0.2, 0.25) is 0 Å². The minimum Gasteiger partial charge on any atom is -0.394 e. The lowest BCUT2D eigenvalue weighted by atomic mass is 10.2. The number of benzene rings is 1. The molecule has 0 radical (unpaired) electrons. The van der Waals surface area contributed by atoms with Gasteiger partial charge in [-0.05, 0) is 17.7 Å². The molecule has 9 heteroatoms. The summed E-state index contributed by atoms with van der Waals surface area (Å²) in [6.07, 6.45) is -4.56. The van der Waals surface area contributed by atoms with Gasteiger partial charge in [-0.1, -0.05) is 23.7 Å². The first-order valence-corrected chi connectivity index (χ1v) is 7.50. The van der Waals surface area contributed by atoms with E-state index in [1.165, 1.54) is 7.05 Å². The van der Waals surface area contributed by atoms with Crippen LogP contribution in [0.1, 0.15) is 16.8 Å². The van der Waals surface area contributed by atoms with E-state index < -0.39 is 11.9 Å². The fourth-order valence-electron chi connectivity index (χ4n) is 2.10. The van der Waals surface area contributed by atoms with Crippen molar-refractivity contribution in [2.24, 2.45) is 7.05 Å². The van der Waals surface area contributed by atoms with Crippen molar-refractivity contribution < 1.29 is 23.0 Å². The Balaban J connectivity index is 2.03. The third kappa shape index (κ3) is 4.62. The molecule has 0 fully saturated rings. The Morgan fingerprint density at radius 2 is 1.96 bits per heavy atom. The smallest absolute Gasteiger partial charge is 0.394 e. The molecule has 0 saturated carbocycles. The largest absolute Gasteiger partial charge is 0.435 e. The molecule has 1 heterocycles. The Hall–Kier alpha value is -1.77. The van der Waals surface area contributed by atoms with Crippen LogP contribution in [0.5, 0.6) is 0 Å². The van der Waals surface area contributed by atoms with Gasteiger partial charge in [-0.3, -0.25) is 4.68 Å². The molecule has 0 unspecified atom stereocenters. The number of aryl methyl sites for hydroxylation is 1. The number of hydrogen-bond acceptors (Lipinski definition) is 4. The molecule has 2 N–H and O–H groups in total. The minimum atomic E-state index is -4.56. The standard InChI is InChI=1S/C15H17ClF3N3O2/c1-22-14(16)12(13(21-22)15(17,18)19)8-20-11-4-2-10(3-5-11)9-24-7-6-23/h2-5,20,23H,6-9H2,1H3. The van der Waals surface area contributed by atoms with Gasteiger partial charge in [-0.25, -0.2) is 0 Å². The molecule has 0 amide bonds. The van der Waals surface area contributed by atoms with Crippen molar-refractivity contribution in [3.8, 4) is 0 Å². The molecule has 0 aliphatic rings. The summed E-state index contributed by atoms with van der Waals surface area (Å²) in [4.78, 5) is 0. The number of rotatable bonds is 7. The Labute approximate surface area is 142 Å². The summed E-state index contributed by atoms with van der Waals surface area (Å²) in [5.74, 6) is 0. The van der Waals surface area contributed by atoms with Gasteiger partial charge in [0.15, 0.2) is 5.69 Å². The first-order chi connectivity index (χ1) is 11.3. The van der Waals surface area contributed by atoms with Crippen LogP contribution < -0.4 is 5.32 Å². The second-order valence-electron chi connectivity index (χ2n) is 5.07. The number of ether oxygens (including phenoxy) is 1. The monoisotopic (exact) mass is 363 g/mol. The lowest BCUT2D eigenvalue weighted by molar-refractivity contribution is -0.142. The molecule has 0 aliphatic heterocycles. The molecule has 2 aromatic rings. The highest BCUT2D eigenvalue weighted by molar-refractivity contribution is 6.30. The summed E-state index contributed by atoms with van der Waals surface area (Å²) >= 11 is 5.91. The van der Waals surface area contributed by atoms with E-state index in [1.807, 2.05) is 0 Å². The third-order valence-corrected chi connectivity index (χ3v) is 3.74. The number of alkyl halides is 3. The van der Waals surface area contributed by atoms with Gasteiger partial charge in [0, 0.05) is 24.8 Å². The van der Waals surface area contributed by atoms with Crippen molar-refractivity contribution >= 4 is 17.3 Å². The zero-order valence-corrected chi connectivity index (χ0v) is 13.7. The quantitative estimate of drug-likeness (QED) is 0.742. The number of aliphatic hydroxyl groups is 1. The van der Waals surface area contributed by atoms with E-state index in [4.69, 9.17) is 21.4 Å². The van der Waals surface area contributed by atoms with Crippen LogP contribution in [0.3, 0.4) is 0 Å². The number of nitrogens with zero attached hydrogens (tertiary/aromatic N) is 2. The van der Waals surface area contributed by atoms with E-state index in [2.05, 4.69) is 10.4 Å². The fourth-order valence-corrected chi connectivity index (χ4v) is 2.29. The van der Waals surface area contributed by atoms with Gasteiger partial charge in [-0.2, -0.15) is 18.3 Å². The van der Waals surface area contributed by atoms with Gasteiger partial charge >= 0.3 is 6.18 Å². The van der Waals surface area contributed by atoms with E-state index in [9.17, 15) is 13.2 Å². The second kappa shape index (κ2) is 7.87. The van der Waals surface area contributed by atoms with Crippen LogP contribution in [0.15, 0.2) is 24.3 Å². The van der Waals surface area contributed by atoms with Crippen molar-refractivity contribution in [1.82, 2.24) is 9.78 Å². The van der Waals surface area contributed by atoms with Crippen molar-refractivity contribution in [1.29, 1.82) is 0 Å². The highest BCUT2D eigenvalue weighted by Gasteiger charge is 2.38. The SMILES string of the molecule is Cn1nc(C(F)(F)F)c(CNc2ccc(COCCO)cc2)c1Cl. The number of nitrogens with one attached hydrogen (secondary N) is 1. The molecule has 24 heavy (non-hydrogen) atoms. The Morgan fingerprint density at radius 1 is 1.29 bits per heavy atom. The van der Waals surface area contributed by atoms with Crippen LogP contribution in [0, 0.1) is 0 Å². The van der Waals surface area contributed by atoms with Crippen LogP contribution in [0.2, 0.25) is 5.15 Å². The van der Waals surface area contributed by atoms with Crippen molar-refractivity contribution in [3.63, 3.8) is 0 Å². The maximum Gasteiger partial charge on any atom is 0.435 e. The zero-order valence-electron chi connectivity index (χ0n) is 12.9. The second-order valence-corrected chi connectivity index (χ2v) is 5.42. The first-order valence-electron chi connectivity index (χ1n) is 7.13. The summed E-state index contributed by atoms with van der Waals surface area (Å²) in [7, 11) is 1.36. The normalized spacial score (nSPS) is 11.8. The van der Waals surface area contributed by atoms with Crippen molar-refractivity contribution in [2.75, 3.05) is 18.5 Å². The minimum absolute atomic E-state index is 0.0486. The third-order valence-electron chi connectivity index (χ3n) is 3.27. The first kappa shape index (κ1) is 18.6. The Bertz CT molecular complexity index is 672. The van der Waals surface area contributed by atoms with Crippen LogP contribution in [-0.4, -0.2) is 28.1 Å². The number of aromatic nitrogens is 2. The van der Waals surface area contributed by atoms with Gasteiger partial charge < -0.3 is 15.2 Å². The van der Waals surface area contributed by atoms with Crippen molar-refractivity contribution in [2.45, 2.75) is 19.3 Å². The average Bonchev–Trinajstić information content (AvgIpc) is 2.82. The fraction of sp³-hybridized carbons (Fsp3) is 0.400. The van der Waals surface area contributed by atoms with Crippen LogP contribution >= 0.6 is 11.6 Å². The molecule has 2 rings (SSSR count). The van der Waals surface area contributed by atoms with Crippen molar-refractivity contribution in [3.05, 3.63) is 46.2 Å². The summed E-state index contributed by atoms with van der Waals surface area (Å²) in [6, 6.07) is 7.04. The molecule has 0 spiro atoms. The van der Waals surface area contributed by atoms with Crippen LogP contribution in [0.25, 0.3) is 0 Å². The molecule has 5 nitrogen and oxygen atoms in total. The van der Waals surface area contributed by atoms with E-state index in [0.29, 0.717) is 12.3 Å². The molecule has 132 valence electrons. The maximum absolute atomic E-state index is 13.0. The van der Waals surface area contributed by atoms with Crippen LogP contribution in [0.4, 0.5) is 18.9 Å².